The number of aliphatic carboxylic acids is 1. The van der Waals surface area contributed by atoms with E-state index in [1.54, 1.807) is 16.7 Å². The van der Waals surface area contributed by atoms with Gasteiger partial charge in [0.1, 0.15) is 0 Å². The molecule has 1 N–H and O–H groups in total. The molecule has 2 heterocycles. The minimum Gasteiger partial charge on any atom is -0.479 e. The number of hydrogen-bond donors (Lipinski definition) is 1. The number of carbonyl (C=O) groups excluding carboxylic acids is 1. The largest absolute Gasteiger partial charge is 0.479 e. The fourth-order valence-corrected chi connectivity index (χ4v) is 3.81. The monoisotopic (exact) mass is 293 g/mol. The predicted octanol–water partition coefficient (Wildman–Crippen LogP) is 1.19. The molecule has 1 aromatic carbocycles. The SMILES string of the molecule is O=C(O)C1CN(C(=O)C2CSc3ccccc32)CCO1. The summed E-state index contributed by atoms with van der Waals surface area (Å²) >= 11 is 1.68. The normalized spacial score (nSPS) is 25.3. The molecule has 0 spiro atoms. The summed E-state index contributed by atoms with van der Waals surface area (Å²) in [6, 6.07) is 7.90. The predicted molar refractivity (Wildman–Crippen MR) is 73.9 cm³/mol. The lowest BCUT2D eigenvalue weighted by atomic mass is 9.99. The van der Waals surface area contributed by atoms with Crippen LogP contribution < -0.4 is 0 Å². The minimum atomic E-state index is -1.01. The summed E-state index contributed by atoms with van der Waals surface area (Å²) in [5, 5.41) is 8.99. The van der Waals surface area contributed by atoms with Gasteiger partial charge in [-0.25, -0.2) is 4.79 Å². The first-order valence-electron chi connectivity index (χ1n) is 6.51. The van der Waals surface area contributed by atoms with Crippen molar-refractivity contribution in [2.24, 2.45) is 0 Å². The average molecular weight is 293 g/mol. The average Bonchev–Trinajstić information content (AvgIpc) is 2.90. The number of morpholine rings is 1. The van der Waals surface area contributed by atoms with Crippen molar-refractivity contribution in [1.29, 1.82) is 0 Å². The molecular formula is C14H15NO4S. The number of nitrogens with zero attached hydrogens (tertiary/aromatic N) is 1. The first-order valence-corrected chi connectivity index (χ1v) is 7.50. The van der Waals surface area contributed by atoms with Crippen LogP contribution in [-0.4, -0.2) is 53.4 Å². The number of benzene rings is 1. The molecule has 0 radical (unpaired) electrons. The minimum absolute atomic E-state index is 0.0111. The molecule has 1 amide bonds. The molecular weight excluding hydrogens is 278 g/mol. The smallest absolute Gasteiger partial charge is 0.334 e. The Morgan fingerprint density at radius 2 is 2.15 bits per heavy atom. The van der Waals surface area contributed by atoms with E-state index in [0.717, 1.165) is 16.2 Å². The van der Waals surface area contributed by atoms with Gasteiger partial charge in [0.05, 0.1) is 19.1 Å². The van der Waals surface area contributed by atoms with Gasteiger partial charge in [-0.05, 0) is 11.6 Å². The van der Waals surface area contributed by atoms with Gasteiger partial charge < -0.3 is 14.7 Å². The van der Waals surface area contributed by atoms with Crippen LogP contribution in [0.1, 0.15) is 11.5 Å². The topological polar surface area (TPSA) is 66.8 Å². The number of hydrogen-bond acceptors (Lipinski definition) is 4. The number of ether oxygens (including phenoxy) is 1. The first kappa shape index (κ1) is 13.5. The van der Waals surface area contributed by atoms with Crippen molar-refractivity contribution < 1.29 is 19.4 Å². The third-order valence-electron chi connectivity index (χ3n) is 3.65. The Morgan fingerprint density at radius 3 is 2.95 bits per heavy atom. The lowest BCUT2D eigenvalue weighted by molar-refractivity contribution is -0.159. The molecule has 1 fully saturated rings. The van der Waals surface area contributed by atoms with E-state index < -0.39 is 12.1 Å². The molecule has 20 heavy (non-hydrogen) atoms. The quantitative estimate of drug-likeness (QED) is 0.887. The number of carboxylic acid groups (broad SMARTS) is 1. The van der Waals surface area contributed by atoms with Crippen LogP contribution in [-0.2, 0) is 14.3 Å². The Kier molecular flexibility index (Phi) is 3.67. The van der Waals surface area contributed by atoms with Crippen LogP contribution in [0.3, 0.4) is 0 Å². The zero-order chi connectivity index (χ0) is 14.1. The lowest BCUT2D eigenvalue weighted by Crippen LogP contribution is -2.49. The molecule has 2 aliphatic heterocycles. The van der Waals surface area contributed by atoms with E-state index in [0.29, 0.717) is 6.54 Å². The molecule has 2 aliphatic rings. The summed E-state index contributed by atoms with van der Waals surface area (Å²) in [5.41, 5.74) is 1.06. The molecule has 1 aromatic rings. The van der Waals surface area contributed by atoms with Gasteiger partial charge >= 0.3 is 5.97 Å². The first-order chi connectivity index (χ1) is 9.66. The van der Waals surface area contributed by atoms with Crippen LogP contribution in [0.25, 0.3) is 0 Å². The van der Waals surface area contributed by atoms with Crippen LogP contribution in [0.5, 0.6) is 0 Å². The highest BCUT2D eigenvalue weighted by Gasteiger charge is 2.36. The Labute approximate surface area is 120 Å². The molecule has 3 rings (SSSR count). The van der Waals surface area contributed by atoms with Gasteiger partial charge in [-0.3, -0.25) is 4.79 Å². The van der Waals surface area contributed by atoms with Crippen molar-refractivity contribution in [3.05, 3.63) is 29.8 Å². The van der Waals surface area contributed by atoms with Gasteiger partial charge in [-0.1, -0.05) is 18.2 Å². The molecule has 106 valence electrons. The van der Waals surface area contributed by atoms with Crippen molar-refractivity contribution >= 4 is 23.6 Å². The third kappa shape index (κ3) is 2.41. The van der Waals surface area contributed by atoms with Crippen molar-refractivity contribution in [2.45, 2.75) is 16.9 Å². The van der Waals surface area contributed by atoms with Crippen molar-refractivity contribution in [3.8, 4) is 0 Å². The molecule has 0 aromatic heterocycles. The van der Waals surface area contributed by atoms with Crippen molar-refractivity contribution in [1.82, 2.24) is 4.90 Å². The van der Waals surface area contributed by atoms with Crippen molar-refractivity contribution in [2.75, 3.05) is 25.4 Å². The fraction of sp³-hybridized carbons (Fsp3) is 0.429. The standard InChI is InChI=1S/C14H15NO4S/c16-13(15-5-6-19-11(7-15)14(17)18)10-8-20-12-4-2-1-3-9(10)12/h1-4,10-11H,5-8H2,(H,17,18). The van der Waals surface area contributed by atoms with E-state index >= 15 is 0 Å². The maximum absolute atomic E-state index is 12.6. The van der Waals surface area contributed by atoms with Crippen molar-refractivity contribution in [3.63, 3.8) is 0 Å². The van der Waals surface area contributed by atoms with E-state index in [1.165, 1.54) is 0 Å². The number of fused-ring (bicyclic) bond motifs is 1. The Balaban J connectivity index is 1.75. The number of carbonyl (C=O) groups is 2. The summed E-state index contributed by atoms with van der Waals surface area (Å²) in [5.74, 6) is -0.433. The molecule has 0 saturated carbocycles. The summed E-state index contributed by atoms with van der Waals surface area (Å²) in [7, 11) is 0. The highest BCUT2D eigenvalue weighted by Crippen LogP contribution is 2.40. The van der Waals surface area contributed by atoms with E-state index in [4.69, 9.17) is 9.84 Å². The maximum Gasteiger partial charge on any atom is 0.334 e. The van der Waals surface area contributed by atoms with E-state index in [1.807, 2.05) is 24.3 Å². The van der Waals surface area contributed by atoms with E-state index in [2.05, 4.69) is 0 Å². The van der Waals surface area contributed by atoms with E-state index in [-0.39, 0.29) is 25.0 Å². The van der Waals surface area contributed by atoms with Crippen LogP contribution in [0.2, 0.25) is 0 Å². The highest BCUT2D eigenvalue weighted by molar-refractivity contribution is 7.99. The molecule has 1 saturated heterocycles. The summed E-state index contributed by atoms with van der Waals surface area (Å²) < 4.78 is 5.15. The number of carboxylic acids is 1. The maximum atomic E-state index is 12.6. The van der Waals surface area contributed by atoms with Crippen LogP contribution >= 0.6 is 11.8 Å². The van der Waals surface area contributed by atoms with Gasteiger partial charge in [-0.2, -0.15) is 0 Å². The molecule has 2 atom stereocenters. The zero-order valence-corrected chi connectivity index (χ0v) is 11.6. The summed E-state index contributed by atoms with van der Waals surface area (Å²) in [4.78, 5) is 26.3. The van der Waals surface area contributed by atoms with Gasteiger partial charge in [0.25, 0.3) is 0 Å². The Morgan fingerprint density at radius 1 is 1.35 bits per heavy atom. The Bertz CT molecular complexity index is 548. The third-order valence-corrected chi connectivity index (χ3v) is 4.83. The number of thioether (sulfide) groups is 1. The summed E-state index contributed by atoms with van der Waals surface area (Å²) in [6.45, 7) is 0.883. The second-order valence-corrected chi connectivity index (χ2v) is 5.95. The second-order valence-electron chi connectivity index (χ2n) is 4.88. The Hall–Kier alpha value is -1.53. The van der Waals surface area contributed by atoms with Gasteiger partial charge in [-0.15, -0.1) is 11.8 Å². The molecule has 0 aliphatic carbocycles. The molecule has 2 unspecified atom stereocenters. The van der Waals surface area contributed by atoms with Gasteiger partial charge in [0, 0.05) is 17.2 Å². The van der Waals surface area contributed by atoms with Crippen LogP contribution in [0.15, 0.2) is 29.2 Å². The van der Waals surface area contributed by atoms with Crippen LogP contribution in [0.4, 0.5) is 0 Å². The fourth-order valence-electron chi connectivity index (χ4n) is 2.59. The summed E-state index contributed by atoms with van der Waals surface area (Å²) in [6.07, 6.45) is -0.906. The zero-order valence-electron chi connectivity index (χ0n) is 10.8. The molecule has 0 bridgehead atoms. The highest BCUT2D eigenvalue weighted by atomic mass is 32.2. The van der Waals surface area contributed by atoms with E-state index in [9.17, 15) is 9.59 Å². The molecule has 6 heteroatoms. The van der Waals surface area contributed by atoms with Gasteiger partial charge in [0.15, 0.2) is 6.10 Å². The second kappa shape index (κ2) is 5.46. The number of amides is 1. The number of rotatable bonds is 2. The molecule has 5 nitrogen and oxygen atoms in total. The van der Waals surface area contributed by atoms with Crippen LogP contribution in [0, 0.1) is 0 Å². The van der Waals surface area contributed by atoms with Gasteiger partial charge in [0.2, 0.25) is 5.91 Å². The lowest BCUT2D eigenvalue weighted by Gasteiger charge is -2.32.